The Hall–Kier alpha value is -2.84. The van der Waals surface area contributed by atoms with Crippen molar-refractivity contribution in [3.05, 3.63) is 45.3 Å². The van der Waals surface area contributed by atoms with Crippen LogP contribution in [0.25, 0.3) is 10.6 Å². The van der Waals surface area contributed by atoms with Crippen LogP contribution >= 0.6 is 22.7 Å². The molecule has 0 aliphatic heterocycles. The van der Waals surface area contributed by atoms with Gasteiger partial charge in [0.1, 0.15) is 10.7 Å². The molecule has 14 heteroatoms. The zero-order valence-electron chi connectivity index (χ0n) is 19.6. The van der Waals surface area contributed by atoms with E-state index in [1.807, 2.05) is 0 Å². The minimum absolute atomic E-state index is 0.147. The molecule has 0 spiro atoms. The molecule has 37 heavy (non-hydrogen) atoms. The molecule has 8 nitrogen and oxygen atoms in total. The molecule has 3 aromatic heterocycles. The molecule has 0 fully saturated rings. The minimum Gasteiger partial charge on any atom is -0.462 e. The van der Waals surface area contributed by atoms with Gasteiger partial charge in [0.25, 0.3) is 0 Å². The molecular formula is C23H22F3N3O5S3. The summed E-state index contributed by atoms with van der Waals surface area (Å²) in [5.41, 5.74) is -0.311. The van der Waals surface area contributed by atoms with Crippen LogP contribution in [-0.4, -0.2) is 42.6 Å². The molecule has 198 valence electrons. The van der Waals surface area contributed by atoms with Gasteiger partial charge in [-0.25, -0.2) is 23.2 Å². The van der Waals surface area contributed by atoms with E-state index in [4.69, 9.17) is 4.74 Å². The third-order valence-electron chi connectivity index (χ3n) is 5.52. The van der Waals surface area contributed by atoms with E-state index in [-0.39, 0.29) is 25.1 Å². The molecule has 1 amide bonds. The predicted molar refractivity (Wildman–Crippen MR) is 133 cm³/mol. The lowest BCUT2D eigenvalue weighted by Crippen LogP contribution is -2.19. The number of esters is 1. The Morgan fingerprint density at radius 3 is 2.68 bits per heavy atom. The second kappa shape index (κ2) is 10.9. The molecule has 0 bridgehead atoms. The van der Waals surface area contributed by atoms with Crippen LogP contribution in [0.4, 0.5) is 18.2 Å². The van der Waals surface area contributed by atoms with Crippen molar-refractivity contribution in [1.82, 2.24) is 9.97 Å². The van der Waals surface area contributed by atoms with Gasteiger partial charge < -0.3 is 10.1 Å². The van der Waals surface area contributed by atoms with E-state index in [0.717, 1.165) is 34.6 Å². The monoisotopic (exact) mass is 573 g/mol. The number of alkyl halides is 3. The van der Waals surface area contributed by atoms with Crippen molar-refractivity contribution < 1.29 is 35.9 Å². The predicted octanol–water partition coefficient (Wildman–Crippen LogP) is 5.14. The van der Waals surface area contributed by atoms with Crippen molar-refractivity contribution in [1.29, 1.82) is 0 Å². The van der Waals surface area contributed by atoms with E-state index < -0.39 is 44.5 Å². The highest BCUT2D eigenvalue weighted by Crippen LogP contribution is 2.39. The number of ether oxygens (including phenoxy) is 1. The standard InChI is InChI=1S/C23H22F3N3O5S3/c1-2-34-21(31)19-13-6-3-7-15(13)36-20(19)29-18(30)9-5-11-37(32,33)22-27-14(16-8-4-10-35-16)12-17(28-22)23(24,25)26/h4,8,10,12H,2-3,5-7,9,11H2,1H3,(H,29,30). The normalized spacial score (nSPS) is 13.4. The van der Waals surface area contributed by atoms with E-state index in [1.165, 1.54) is 17.4 Å². The van der Waals surface area contributed by atoms with Crippen LogP contribution in [0.3, 0.4) is 0 Å². The van der Waals surface area contributed by atoms with Crippen LogP contribution in [0.2, 0.25) is 0 Å². The van der Waals surface area contributed by atoms with Crippen molar-refractivity contribution in [3.63, 3.8) is 0 Å². The molecule has 0 atom stereocenters. The van der Waals surface area contributed by atoms with E-state index in [0.29, 0.717) is 27.9 Å². The van der Waals surface area contributed by atoms with Gasteiger partial charge in [-0.2, -0.15) is 13.2 Å². The number of halogens is 3. The lowest BCUT2D eigenvalue weighted by atomic mass is 10.1. The number of hydrogen-bond acceptors (Lipinski definition) is 9. The number of aromatic nitrogens is 2. The van der Waals surface area contributed by atoms with Crippen molar-refractivity contribution >= 4 is 49.4 Å². The third-order valence-corrected chi connectivity index (χ3v) is 9.18. The zero-order valence-corrected chi connectivity index (χ0v) is 22.0. The third kappa shape index (κ3) is 6.18. The first kappa shape index (κ1) is 27.2. The summed E-state index contributed by atoms with van der Waals surface area (Å²) in [5.74, 6) is -1.68. The molecule has 0 saturated heterocycles. The van der Waals surface area contributed by atoms with Gasteiger partial charge in [-0.15, -0.1) is 22.7 Å². The first-order valence-corrected chi connectivity index (χ1v) is 14.7. The maximum absolute atomic E-state index is 13.4. The van der Waals surface area contributed by atoms with E-state index >= 15 is 0 Å². The van der Waals surface area contributed by atoms with Gasteiger partial charge in [-0.05, 0) is 55.7 Å². The molecule has 0 unspecified atom stereocenters. The number of hydrogen-bond donors (Lipinski definition) is 1. The fourth-order valence-corrected chi connectivity index (χ4v) is 7.04. The molecule has 1 aliphatic carbocycles. The number of fused-ring (bicyclic) bond motifs is 1. The first-order valence-electron chi connectivity index (χ1n) is 11.3. The number of nitrogens with zero attached hydrogens (tertiary/aromatic N) is 2. The number of carbonyl (C=O) groups excluding carboxylic acids is 2. The summed E-state index contributed by atoms with van der Waals surface area (Å²) >= 11 is 2.41. The molecule has 0 radical (unpaired) electrons. The summed E-state index contributed by atoms with van der Waals surface area (Å²) in [7, 11) is -4.32. The Balaban J connectivity index is 1.46. The number of nitrogens with one attached hydrogen (secondary N) is 1. The Morgan fingerprint density at radius 1 is 1.22 bits per heavy atom. The summed E-state index contributed by atoms with van der Waals surface area (Å²) in [5, 5.41) is 3.72. The highest BCUT2D eigenvalue weighted by Gasteiger charge is 2.35. The fraction of sp³-hybridized carbons (Fsp3) is 0.391. The molecular weight excluding hydrogens is 551 g/mol. The van der Waals surface area contributed by atoms with Gasteiger partial charge in [0.15, 0.2) is 0 Å². The van der Waals surface area contributed by atoms with E-state index in [1.54, 1.807) is 18.4 Å². The van der Waals surface area contributed by atoms with Crippen molar-refractivity contribution in [2.24, 2.45) is 0 Å². The van der Waals surface area contributed by atoms with Gasteiger partial charge in [-0.3, -0.25) is 4.79 Å². The smallest absolute Gasteiger partial charge is 0.433 e. The number of aryl methyl sites for hydroxylation is 1. The summed E-state index contributed by atoms with van der Waals surface area (Å²) in [6.45, 7) is 1.86. The van der Waals surface area contributed by atoms with Gasteiger partial charge in [0.05, 0.1) is 28.5 Å². The largest absolute Gasteiger partial charge is 0.462 e. The van der Waals surface area contributed by atoms with Crippen LogP contribution in [0, 0.1) is 0 Å². The number of amides is 1. The van der Waals surface area contributed by atoms with E-state index in [9.17, 15) is 31.2 Å². The van der Waals surface area contributed by atoms with Crippen LogP contribution in [0.1, 0.15) is 52.7 Å². The van der Waals surface area contributed by atoms with Crippen molar-refractivity contribution in [3.8, 4) is 10.6 Å². The number of carbonyl (C=O) groups is 2. The van der Waals surface area contributed by atoms with E-state index in [2.05, 4.69) is 15.3 Å². The Kier molecular flexibility index (Phi) is 7.99. The summed E-state index contributed by atoms with van der Waals surface area (Å²) in [6.07, 6.45) is -2.87. The number of thiophene rings is 2. The second-order valence-electron chi connectivity index (χ2n) is 8.15. The van der Waals surface area contributed by atoms with Gasteiger partial charge in [0.2, 0.25) is 20.9 Å². The molecule has 3 aromatic rings. The highest BCUT2D eigenvalue weighted by atomic mass is 32.2. The van der Waals surface area contributed by atoms with Gasteiger partial charge in [-0.1, -0.05) is 6.07 Å². The Bertz CT molecular complexity index is 1420. The Labute approximate surface area is 218 Å². The summed E-state index contributed by atoms with van der Waals surface area (Å²) in [4.78, 5) is 33.5. The SMILES string of the molecule is CCOC(=O)c1c(NC(=O)CCCS(=O)(=O)c2nc(-c3cccs3)cc(C(F)(F)F)n2)sc2c1CCC2. The van der Waals surface area contributed by atoms with Gasteiger partial charge >= 0.3 is 12.1 Å². The quantitative estimate of drug-likeness (QED) is 0.278. The summed E-state index contributed by atoms with van der Waals surface area (Å²) < 4.78 is 70.8. The maximum atomic E-state index is 13.4. The van der Waals surface area contributed by atoms with Crippen LogP contribution < -0.4 is 5.32 Å². The van der Waals surface area contributed by atoms with Crippen LogP contribution in [0.5, 0.6) is 0 Å². The second-order valence-corrected chi connectivity index (χ2v) is 12.2. The minimum atomic E-state index is -4.86. The molecule has 1 aliphatic rings. The van der Waals surface area contributed by atoms with Crippen LogP contribution in [0.15, 0.2) is 28.7 Å². The maximum Gasteiger partial charge on any atom is 0.433 e. The fourth-order valence-electron chi connectivity index (χ4n) is 3.87. The van der Waals surface area contributed by atoms with Crippen LogP contribution in [-0.2, 0) is 38.4 Å². The lowest BCUT2D eigenvalue weighted by molar-refractivity contribution is -0.141. The Morgan fingerprint density at radius 2 is 2.00 bits per heavy atom. The topological polar surface area (TPSA) is 115 Å². The molecule has 1 N–H and O–H groups in total. The lowest BCUT2D eigenvalue weighted by Gasteiger charge is -2.10. The average molecular weight is 574 g/mol. The van der Waals surface area contributed by atoms with Crippen molar-refractivity contribution in [2.45, 2.75) is 50.4 Å². The molecule has 0 aromatic carbocycles. The number of sulfone groups is 1. The zero-order chi connectivity index (χ0) is 26.8. The molecule has 3 heterocycles. The molecule has 4 rings (SSSR count). The number of anilines is 1. The van der Waals surface area contributed by atoms with Crippen molar-refractivity contribution in [2.75, 3.05) is 17.7 Å². The first-order chi connectivity index (χ1) is 17.5. The molecule has 0 saturated carbocycles. The number of rotatable bonds is 9. The summed E-state index contributed by atoms with van der Waals surface area (Å²) in [6, 6.07) is 3.84. The van der Waals surface area contributed by atoms with Gasteiger partial charge in [0, 0.05) is 11.3 Å². The highest BCUT2D eigenvalue weighted by molar-refractivity contribution is 7.91. The average Bonchev–Trinajstić information content (AvgIpc) is 3.56.